The molecule has 1 saturated heterocycles. The lowest BCUT2D eigenvalue weighted by Gasteiger charge is -2.28. The third-order valence-electron chi connectivity index (χ3n) is 5.73. The van der Waals surface area contributed by atoms with Crippen molar-refractivity contribution in [2.75, 3.05) is 11.5 Å². The minimum atomic E-state index is -3.25. The highest BCUT2D eigenvalue weighted by Gasteiger charge is 2.36. The number of carbonyl (C=O) groups excluding carboxylic acids is 1. The summed E-state index contributed by atoms with van der Waals surface area (Å²) in [6, 6.07) is 9.69. The number of sulfone groups is 1. The quantitative estimate of drug-likeness (QED) is 0.617. The summed E-state index contributed by atoms with van der Waals surface area (Å²) in [6.45, 7) is 3.85. The van der Waals surface area contributed by atoms with Crippen molar-refractivity contribution >= 4 is 26.7 Å². The maximum Gasteiger partial charge on any atom is 0.290 e. The van der Waals surface area contributed by atoms with Gasteiger partial charge in [0, 0.05) is 18.7 Å². The van der Waals surface area contributed by atoms with E-state index in [0.29, 0.717) is 23.0 Å². The summed E-state index contributed by atoms with van der Waals surface area (Å²) in [5.41, 5.74) is 2.47. The molecule has 0 radical (unpaired) electrons. The monoisotopic (exact) mass is 443 g/mol. The summed E-state index contributed by atoms with van der Waals surface area (Å²) < 4.78 is 43.2. The fourth-order valence-corrected chi connectivity index (χ4v) is 5.56. The van der Waals surface area contributed by atoms with Crippen molar-refractivity contribution < 1.29 is 22.0 Å². The molecule has 3 aromatic rings. The topological polar surface area (TPSA) is 84.7 Å². The molecular formula is C23H22FNO5S. The van der Waals surface area contributed by atoms with Crippen LogP contribution in [0.25, 0.3) is 11.0 Å². The molecule has 2 heterocycles. The van der Waals surface area contributed by atoms with Gasteiger partial charge in [-0.1, -0.05) is 12.1 Å². The summed E-state index contributed by atoms with van der Waals surface area (Å²) in [6.07, 6.45) is 0.297. The molecular weight excluding hydrogens is 421 g/mol. The van der Waals surface area contributed by atoms with Crippen LogP contribution in [0.4, 0.5) is 4.39 Å². The van der Waals surface area contributed by atoms with Crippen LogP contribution in [0.2, 0.25) is 0 Å². The number of amides is 1. The van der Waals surface area contributed by atoms with E-state index in [1.807, 2.05) is 13.8 Å². The SMILES string of the molecule is Cc1cc2oc(C(=O)N(Cc3ccc(F)cc3)[C@H]3CCS(=O)(=O)C3)cc(=O)c2cc1C. The number of nitrogens with zero attached hydrogens (tertiary/aromatic N) is 1. The first-order valence-corrected chi connectivity index (χ1v) is 11.8. The van der Waals surface area contributed by atoms with Gasteiger partial charge in [-0.3, -0.25) is 9.59 Å². The van der Waals surface area contributed by atoms with Crippen molar-refractivity contribution in [1.82, 2.24) is 4.90 Å². The molecule has 0 bridgehead atoms. The molecule has 6 nitrogen and oxygen atoms in total. The fraction of sp³-hybridized carbons (Fsp3) is 0.304. The lowest BCUT2D eigenvalue weighted by atomic mass is 10.1. The molecule has 0 N–H and O–H groups in total. The van der Waals surface area contributed by atoms with Gasteiger partial charge in [0.1, 0.15) is 11.4 Å². The van der Waals surface area contributed by atoms with E-state index in [-0.39, 0.29) is 29.2 Å². The van der Waals surface area contributed by atoms with E-state index in [9.17, 15) is 22.4 Å². The second-order valence-electron chi connectivity index (χ2n) is 8.02. The summed E-state index contributed by atoms with van der Waals surface area (Å²) >= 11 is 0. The largest absolute Gasteiger partial charge is 0.451 e. The number of hydrogen-bond acceptors (Lipinski definition) is 5. The highest BCUT2D eigenvalue weighted by molar-refractivity contribution is 7.91. The van der Waals surface area contributed by atoms with Crippen molar-refractivity contribution in [2.24, 2.45) is 0 Å². The number of fused-ring (bicyclic) bond motifs is 1. The van der Waals surface area contributed by atoms with E-state index in [2.05, 4.69) is 0 Å². The molecule has 31 heavy (non-hydrogen) atoms. The number of hydrogen-bond donors (Lipinski definition) is 0. The molecule has 1 aliphatic heterocycles. The van der Waals surface area contributed by atoms with Gasteiger partial charge in [-0.2, -0.15) is 0 Å². The molecule has 0 spiro atoms. The Hall–Kier alpha value is -3.00. The first-order valence-electron chi connectivity index (χ1n) is 9.94. The summed E-state index contributed by atoms with van der Waals surface area (Å²) in [5.74, 6) is -1.28. The van der Waals surface area contributed by atoms with Gasteiger partial charge in [0.05, 0.1) is 16.9 Å². The van der Waals surface area contributed by atoms with Crippen LogP contribution in [0, 0.1) is 19.7 Å². The fourth-order valence-electron chi connectivity index (χ4n) is 3.83. The molecule has 1 amide bonds. The van der Waals surface area contributed by atoms with Crippen LogP contribution in [0.5, 0.6) is 0 Å². The Balaban J connectivity index is 1.75. The Morgan fingerprint density at radius 1 is 1.13 bits per heavy atom. The Morgan fingerprint density at radius 3 is 2.45 bits per heavy atom. The van der Waals surface area contributed by atoms with E-state index in [1.54, 1.807) is 24.3 Å². The molecule has 1 aliphatic rings. The first-order chi connectivity index (χ1) is 14.6. The normalized spacial score (nSPS) is 17.7. The predicted octanol–water partition coefficient (Wildman–Crippen LogP) is 3.38. The van der Waals surface area contributed by atoms with Crippen molar-refractivity contribution in [2.45, 2.75) is 32.9 Å². The van der Waals surface area contributed by atoms with Gasteiger partial charge in [-0.15, -0.1) is 0 Å². The first kappa shape index (κ1) is 21.2. The van der Waals surface area contributed by atoms with Gasteiger partial charge in [-0.25, -0.2) is 12.8 Å². The molecule has 4 rings (SSSR count). The molecule has 1 atom stereocenters. The maximum absolute atomic E-state index is 13.4. The number of halogens is 1. The van der Waals surface area contributed by atoms with Crippen LogP contribution in [0.3, 0.4) is 0 Å². The van der Waals surface area contributed by atoms with Gasteiger partial charge in [0.2, 0.25) is 0 Å². The van der Waals surface area contributed by atoms with Gasteiger partial charge in [-0.05, 0) is 61.2 Å². The lowest BCUT2D eigenvalue weighted by Crippen LogP contribution is -2.40. The molecule has 162 valence electrons. The zero-order valence-electron chi connectivity index (χ0n) is 17.2. The summed E-state index contributed by atoms with van der Waals surface area (Å²) in [4.78, 5) is 27.4. The van der Waals surface area contributed by atoms with E-state index in [0.717, 1.165) is 17.2 Å². The Morgan fingerprint density at radius 2 is 1.81 bits per heavy atom. The molecule has 1 fully saturated rings. The number of aryl methyl sites for hydroxylation is 2. The zero-order chi connectivity index (χ0) is 22.3. The molecule has 2 aromatic carbocycles. The van der Waals surface area contributed by atoms with Gasteiger partial charge < -0.3 is 9.32 Å². The van der Waals surface area contributed by atoms with Crippen LogP contribution in [0.1, 0.15) is 33.7 Å². The van der Waals surface area contributed by atoms with Gasteiger partial charge >= 0.3 is 0 Å². The van der Waals surface area contributed by atoms with Crippen LogP contribution in [0.15, 0.2) is 51.7 Å². The van der Waals surface area contributed by atoms with E-state index >= 15 is 0 Å². The third kappa shape index (κ3) is 4.39. The zero-order valence-corrected chi connectivity index (χ0v) is 18.0. The lowest BCUT2D eigenvalue weighted by molar-refractivity contribution is 0.0648. The minimum absolute atomic E-state index is 0.00892. The van der Waals surface area contributed by atoms with E-state index in [1.165, 1.54) is 17.0 Å². The van der Waals surface area contributed by atoms with Gasteiger partial charge in [0.15, 0.2) is 21.0 Å². The van der Waals surface area contributed by atoms with Crippen LogP contribution < -0.4 is 5.43 Å². The standard InChI is InChI=1S/C23H22FNO5S/c1-14-9-19-20(26)11-22(30-21(19)10-15(14)2)23(27)25(18-7-8-31(28,29)13-18)12-16-3-5-17(24)6-4-16/h3-6,9-11,18H,7-8,12-13H2,1-2H3/t18-/m0/s1. The second kappa shape index (κ2) is 7.92. The van der Waals surface area contributed by atoms with Gasteiger partial charge in [0.25, 0.3) is 5.91 Å². The van der Waals surface area contributed by atoms with Crippen molar-refractivity contribution in [3.8, 4) is 0 Å². The van der Waals surface area contributed by atoms with Crippen molar-refractivity contribution in [3.05, 3.63) is 81.0 Å². The average Bonchev–Trinajstić information content (AvgIpc) is 3.08. The number of carbonyl (C=O) groups is 1. The average molecular weight is 443 g/mol. The smallest absolute Gasteiger partial charge is 0.290 e. The predicted molar refractivity (Wildman–Crippen MR) is 115 cm³/mol. The van der Waals surface area contributed by atoms with Crippen LogP contribution in [-0.2, 0) is 16.4 Å². The Bertz CT molecular complexity index is 1330. The van der Waals surface area contributed by atoms with Crippen molar-refractivity contribution in [1.29, 1.82) is 0 Å². The number of benzene rings is 2. The third-order valence-corrected chi connectivity index (χ3v) is 7.48. The maximum atomic E-state index is 13.4. The van der Waals surface area contributed by atoms with E-state index < -0.39 is 27.6 Å². The number of rotatable bonds is 4. The Labute approximate surface area is 179 Å². The summed E-state index contributed by atoms with van der Waals surface area (Å²) in [5, 5.41) is 0.383. The highest BCUT2D eigenvalue weighted by Crippen LogP contribution is 2.24. The molecule has 0 saturated carbocycles. The molecule has 8 heteroatoms. The molecule has 0 aliphatic carbocycles. The summed E-state index contributed by atoms with van der Waals surface area (Å²) in [7, 11) is -3.25. The molecule has 0 unspecified atom stereocenters. The van der Waals surface area contributed by atoms with Crippen LogP contribution in [-0.4, -0.2) is 36.8 Å². The highest BCUT2D eigenvalue weighted by atomic mass is 32.2. The molecule has 1 aromatic heterocycles. The second-order valence-corrected chi connectivity index (χ2v) is 10.3. The van der Waals surface area contributed by atoms with Crippen molar-refractivity contribution in [3.63, 3.8) is 0 Å². The minimum Gasteiger partial charge on any atom is -0.451 e. The van der Waals surface area contributed by atoms with E-state index in [4.69, 9.17) is 4.42 Å². The van der Waals surface area contributed by atoms with Crippen LogP contribution >= 0.6 is 0 Å². The Kier molecular flexibility index (Phi) is 5.43.